The summed E-state index contributed by atoms with van der Waals surface area (Å²) in [5.74, 6) is -0.974. The van der Waals surface area contributed by atoms with E-state index in [0.717, 1.165) is 6.42 Å². The van der Waals surface area contributed by atoms with Crippen LogP contribution in [0, 0.1) is 11.8 Å². The van der Waals surface area contributed by atoms with Gasteiger partial charge in [0.1, 0.15) is 0 Å². The summed E-state index contributed by atoms with van der Waals surface area (Å²) in [6, 6.07) is 13.2. The van der Waals surface area contributed by atoms with Gasteiger partial charge in [0.05, 0.1) is 11.3 Å². The number of primary amides is 1. The molecule has 1 saturated carbocycles. The van der Waals surface area contributed by atoms with Crippen molar-refractivity contribution < 1.29 is 19.2 Å². The summed E-state index contributed by atoms with van der Waals surface area (Å²) in [4.78, 5) is 48.0. The van der Waals surface area contributed by atoms with Gasteiger partial charge in [0, 0.05) is 30.1 Å². The van der Waals surface area contributed by atoms with Gasteiger partial charge in [0.15, 0.2) is 0 Å². The van der Waals surface area contributed by atoms with Crippen molar-refractivity contribution in [3.05, 3.63) is 59.7 Å². The lowest BCUT2D eigenvalue weighted by Crippen LogP contribution is -2.28. The number of rotatable bonds is 8. The Hall–Kier alpha value is -3.68. The van der Waals surface area contributed by atoms with Gasteiger partial charge in [-0.1, -0.05) is 25.1 Å². The predicted octanol–water partition coefficient (Wildman–Crippen LogP) is 2.14. The number of benzene rings is 2. The molecule has 0 radical (unpaired) electrons. The summed E-state index contributed by atoms with van der Waals surface area (Å²) in [5, 5.41) is 8.16. The zero-order valence-electron chi connectivity index (χ0n) is 16.6. The number of carbonyl (C=O) groups excluding carboxylic acids is 4. The Bertz CT molecular complexity index is 989. The molecule has 1 aliphatic rings. The van der Waals surface area contributed by atoms with Gasteiger partial charge in [-0.3, -0.25) is 19.2 Å². The summed E-state index contributed by atoms with van der Waals surface area (Å²) >= 11 is 0. The van der Waals surface area contributed by atoms with Crippen LogP contribution in [-0.4, -0.2) is 30.2 Å². The van der Waals surface area contributed by atoms with E-state index >= 15 is 0 Å². The second kappa shape index (κ2) is 9.21. The van der Waals surface area contributed by atoms with Crippen LogP contribution in [0.15, 0.2) is 48.5 Å². The van der Waals surface area contributed by atoms with Gasteiger partial charge in [-0.15, -0.1) is 0 Å². The molecule has 0 spiro atoms. The first-order chi connectivity index (χ1) is 14.3. The summed E-state index contributed by atoms with van der Waals surface area (Å²) < 4.78 is 0. The Morgan fingerprint density at radius 2 is 1.73 bits per heavy atom. The Balaban J connectivity index is 1.67. The van der Waals surface area contributed by atoms with Crippen molar-refractivity contribution in [1.29, 1.82) is 0 Å². The van der Waals surface area contributed by atoms with Crippen molar-refractivity contribution in [2.24, 2.45) is 17.6 Å². The SMILES string of the molecule is CC1CC1C(=O)Nc1cccc(C(=O)Nc2ccccc2C(=O)NCCC(N)=O)c1. The van der Waals surface area contributed by atoms with Gasteiger partial charge in [-0.25, -0.2) is 0 Å². The maximum Gasteiger partial charge on any atom is 0.255 e. The fourth-order valence-electron chi connectivity index (χ4n) is 3.04. The highest BCUT2D eigenvalue weighted by molar-refractivity contribution is 6.09. The molecule has 5 N–H and O–H groups in total. The van der Waals surface area contributed by atoms with Crippen LogP contribution in [0.3, 0.4) is 0 Å². The van der Waals surface area contributed by atoms with Crippen molar-refractivity contribution in [2.45, 2.75) is 19.8 Å². The lowest BCUT2D eigenvalue weighted by Gasteiger charge is -2.12. The number of carbonyl (C=O) groups is 4. The number of hydrogen-bond acceptors (Lipinski definition) is 4. The predicted molar refractivity (Wildman–Crippen MR) is 113 cm³/mol. The van der Waals surface area contributed by atoms with E-state index in [0.29, 0.717) is 22.9 Å². The third kappa shape index (κ3) is 5.44. The Morgan fingerprint density at radius 1 is 1.00 bits per heavy atom. The van der Waals surface area contributed by atoms with E-state index in [9.17, 15) is 19.2 Å². The fourth-order valence-corrected chi connectivity index (χ4v) is 3.04. The van der Waals surface area contributed by atoms with Gasteiger partial charge < -0.3 is 21.7 Å². The van der Waals surface area contributed by atoms with Crippen LogP contribution in [0.25, 0.3) is 0 Å². The van der Waals surface area contributed by atoms with E-state index in [-0.39, 0.29) is 30.4 Å². The third-order valence-corrected chi connectivity index (χ3v) is 4.92. The van der Waals surface area contributed by atoms with Gasteiger partial charge in [0.25, 0.3) is 11.8 Å². The molecule has 2 unspecified atom stereocenters. The molecule has 0 aliphatic heterocycles. The third-order valence-electron chi connectivity index (χ3n) is 4.92. The molecule has 8 heteroatoms. The van der Waals surface area contributed by atoms with E-state index in [1.165, 1.54) is 0 Å². The molecule has 8 nitrogen and oxygen atoms in total. The van der Waals surface area contributed by atoms with Crippen molar-refractivity contribution in [2.75, 3.05) is 17.2 Å². The Morgan fingerprint density at radius 3 is 2.43 bits per heavy atom. The molecule has 1 fully saturated rings. The van der Waals surface area contributed by atoms with Crippen molar-refractivity contribution in [3.63, 3.8) is 0 Å². The molecular formula is C22H24N4O4. The highest BCUT2D eigenvalue weighted by atomic mass is 16.2. The summed E-state index contributed by atoms with van der Waals surface area (Å²) in [6.07, 6.45) is 0.905. The second-order valence-electron chi connectivity index (χ2n) is 7.36. The Labute approximate surface area is 174 Å². The van der Waals surface area contributed by atoms with Crippen LogP contribution in [0.5, 0.6) is 0 Å². The van der Waals surface area contributed by atoms with Crippen molar-refractivity contribution in [3.8, 4) is 0 Å². The minimum absolute atomic E-state index is 0.0262. The average Bonchev–Trinajstić information content (AvgIpc) is 3.45. The zero-order chi connectivity index (χ0) is 21.7. The molecule has 4 amide bonds. The normalized spacial score (nSPS) is 17.0. The van der Waals surface area contributed by atoms with E-state index in [1.54, 1.807) is 48.5 Å². The molecule has 2 aromatic rings. The maximum absolute atomic E-state index is 12.7. The summed E-state index contributed by atoms with van der Waals surface area (Å²) in [5.41, 5.74) is 6.57. The molecule has 0 aromatic heterocycles. The average molecular weight is 408 g/mol. The Kier molecular flexibility index (Phi) is 6.46. The second-order valence-corrected chi connectivity index (χ2v) is 7.36. The molecule has 1 aliphatic carbocycles. The van der Waals surface area contributed by atoms with E-state index in [2.05, 4.69) is 16.0 Å². The number of nitrogens with two attached hydrogens (primary N) is 1. The first-order valence-electron chi connectivity index (χ1n) is 9.73. The maximum atomic E-state index is 12.7. The molecule has 2 atom stereocenters. The van der Waals surface area contributed by atoms with E-state index in [1.807, 2.05) is 6.92 Å². The number of anilines is 2. The van der Waals surface area contributed by atoms with Crippen LogP contribution in [0.1, 0.15) is 40.5 Å². The lowest BCUT2D eigenvalue weighted by atomic mass is 10.1. The van der Waals surface area contributed by atoms with Crippen molar-refractivity contribution >= 4 is 35.0 Å². The molecule has 30 heavy (non-hydrogen) atoms. The van der Waals surface area contributed by atoms with Gasteiger partial charge in [0.2, 0.25) is 11.8 Å². The number of hydrogen-bond donors (Lipinski definition) is 4. The monoisotopic (exact) mass is 408 g/mol. The fraction of sp³-hybridized carbons (Fsp3) is 0.273. The van der Waals surface area contributed by atoms with Crippen LogP contribution < -0.4 is 21.7 Å². The van der Waals surface area contributed by atoms with Crippen LogP contribution in [0.2, 0.25) is 0 Å². The molecule has 0 bridgehead atoms. The first kappa shape index (κ1) is 21.0. The van der Waals surface area contributed by atoms with Gasteiger partial charge in [-0.05, 0) is 42.7 Å². The van der Waals surface area contributed by atoms with Crippen LogP contribution in [0.4, 0.5) is 11.4 Å². The smallest absolute Gasteiger partial charge is 0.255 e. The van der Waals surface area contributed by atoms with E-state index in [4.69, 9.17) is 5.73 Å². The topological polar surface area (TPSA) is 130 Å². The highest BCUT2D eigenvalue weighted by Gasteiger charge is 2.39. The van der Waals surface area contributed by atoms with E-state index < -0.39 is 17.7 Å². The molecule has 156 valence electrons. The minimum atomic E-state index is -0.514. The molecule has 3 rings (SSSR count). The minimum Gasteiger partial charge on any atom is -0.370 e. The molecular weight excluding hydrogens is 384 g/mol. The van der Waals surface area contributed by atoms with Gasteiger partial charge >= 0.3 is 0 Å². The molecule has 0 saturated heterocycles. The highest BCUT2D eigenvalue weighted by Crippen LogP contribution is 2.38. The molecule has 2 aromatic carbocycles. The number of para-hydroxylation sites is 1. The summed E-state index contributed by atoms with van der Waals surface area (Å²) in [6.45, 7) is 2.13. The standard InChI is InChI=1S/C22H24N4O4/c1-13-11-17(13)22(30)25-15-6-4-5-14(12-15)20(28)26-18-8-3-2-7-16(18)21(29)24-10-9-19(23)27/h2-8,12-13,17H,9-11H2,1H3,(H2,23,27)(H,24,29)(H,25,30)(H,26,28). The number of nitrogens with one attached hydrogen (secondary N) is 3. The lowest BCUT2D eigenvalue weighted by molar-refractivity contribution is -0.118. The number of amides is 4. The van der Waals surface area contributed by atoms with Crippen molar-refractivity contribution in [1.82, 2.24) is 5.32 Å². The van der Waals surface area contributed by atoms with Crippen LogP contribution >= 0.6 is 0 Å². The largest absolute Gasteiger partial charge is 0.370 e. The van der Waals surface area contributed by atoms with Gasteiger partial charge in [-0.2, -0.15) is 0 Å². The molecule has 0 heterocycles. The zero-order valence-corrected chi connectivity index (χ0v) is 16.6. The summed E-state index contributed by atoms with van der Waals surface area (Å²) in [7, 11) is 0. The van der Waals surface area contributed by atoms with Crippen LogP contribution in [-0.2, 0) is 9.59 Å². The quantitative estimate of drug-likeness (QED) is 0.533. The first-order valence-corrected chi connectivity index (χ1v) is 9.73.